The van der Waals surface area contributed by atoms with Crippen LogP contribution < -0.4 is 5.32 Å². The number of amides is 1. The maximum absolute atomic E-state index is 12.0. The molecule has 1 saturated carbocycles. The summed E-state index contributed by atoms with van der Waals surface area (Å²) in [7, 11) is 0. The van der Waals surface area contributed by atoms with Crippen LogP contribution in [0.4, 0.5) is 0 Å². The Morgan fingerprint density at radius 3 is 2.78 bits per heavy atom. The first-order chi connectivity index (χ1) is 8.61. The van der Waals surface area contributed by atoms with Crippen molar-refractivity contribution in [2.24, 2.45) is 4.99 Å². The SMILES string of the molecule is C=NC=C(C)c1ccc(C(=O)NC2CC2)c(C)c1. The van der Waals surface area contributed by atoms with Gasteiger partial charge in [-0.1, -0.05) is 12.1 Å². The fourth-order valence-corrected chi connectivity index (χ4v) is 1.87. The van der Waals surface area contributed by atoms with Gasteiger partial charge in [-0.05, 0) is 56.2 Å². The Bertz CT molecular complexity index is 513. The predicted octanol–water partition coefficient (Wildman–Crippen LogP) is 2.95. The monoisotopic (exact) mass is 242 g/mol. The van der Waals surface area contributed by atoms with Gasteiger partial charge in [0.1, 0.15) is 0 Å². The summed E-state index contributed by atoms with van der Waals surface area (Å²) in [6.07, 6.45) is 3.93. The first-order valence-corrected chi connectivity index (χ1v) is 6.16. The zero-order chi connectivity index (χ0) is 13.1. The second-order valence-corrected chi connectivity index (χ2v) is 4.77. The molecular formula is C15H18N2O. The molecule has 0 unspecified atom stereocenters. The summed E-state index contributed by atoms with van der Waals surface area (Å²) in [6.45, 7) is 7.38. The molecule has 0 spiro atoms. The Kier molecular flexibility index (Phi) is 3.60. The van der Waals surface area contributed by atoms with Crippen LogP contribution in [-0.4, -0.2) is 18.7 Å². The molecule has 0 radical (unpaired) electrons. The fraction of sp³-hybridized carbons (Fsp3) is 0.333. The third-order valence-electron chi connectivity index (χ3n) is 3.12. The molecule has 2 rings (SSSR count). The Hall–Kier alpha value is -1.90. The van der Waals surface area contributed by atoms with E-state index in [4.69, 9.17) is 0 Å². The van der Waals surface area contributed by atoms with Crippen LogP contribution in [0.2, 0.25) is 0 Å². The molecule has 0 aromatic heterocycles. The van der Waals surface area contributed by atoms with Gasteiger partial charge in [0, 0.05) is 17.8 Å². The lowest BCUT2D eigenvalue weighted by molar-refractivity contribution is 0.0950. The number of hydrogen-bond acceptors (Lipinski definition) is 2. The van der Waals surface area contributed by atoms with Crippen LogP contribution in [-0.2, 0) is 0 Å². The van der Waals surface area contributed by atoms with Gasteiger partial charge in [0.2, 0.25) is 0 Å². The lowest BCUT2D eigenvalue weighted by Gasteiger charge is -2.09. The van der Waals surface area contributed by atoms with Crippen LogP contribution in [0.5, 0.6) is 0 Å². The summed E-state index contributed by atoms with van der Waals surface area (Å²) in [6, 6.07) is 6.23. The van der Waals surface area contributed by atoms with E-state index in [2.05, 4.69) is 17.0 Å². The van der Waals surface area contributed by atoms with Gasteiger partial charge in [-0.3, -0.25) is 9.79 Å². The molecule has 1 aliphatic rings. The van der Waals surface area contributed by atoms with Crippen molar-refractivity contribution in [1.82, 2.24) is 5.32 Å². The zero-order valence-corrected chi connectivity index (χ0v) is 10.9. The summed E-state index contributed by atoms with van der Waals surface area (Å²) < 4.78 is 0. The lowest BCUT2D eigenvalue weighted by atomic mass is 10.0. The van der Waals surface area contributed by atoms with E-state index in [1.165, 1.54) is 0 Å². The summed E-state index contributed by atoms with van der Waals surface area (Å²) in [4.78, 5) is 15.7. The van der Waals surface area contributed by atoms with Crippen molar-refractivity contribution in [3.05, 3.63) is 41.1 Å². The van der Waals surface area contributed by atoms with Gasteiger partial charge in [0.05, 0.1) is 0 Å². The topological polar surface area (TPSA) is 41.5 Å². The minimum Gasteiger partial charge on any atom is -0.349 e. The predicted molar refractivity (Wildman–Crippen MR) is 74.9 cm³/mol. The van der Waals surface area contributed by atoms with Crippen LogP contribution in [0.25, 0.3) is 5.57 Å². The Labute approximate surface area is 108 Å². The van der Waals surface area contributed by atoms with E-state index in [0.29, 0.717) is 6.04 Å². The number of benzene rings is 1. The number of nitrogens with zero attached hydrogens (tertiary/aromatic N) is 1. The molecule has 18 heavy (non-hydrogen) atoms. The molecule has 94 valence electrons. The van der Waals surface area contributed by atoms with E-state index in [-0.39, 0.29) is 5.91 Å². The summed E-state index contributed by atoms with van der Waals surface area (Å²) in [5, 5.41) is 3.00. The van der Waals surface area contributed by atoms with Gasteiger partial charge in [-0.2, -0.15) is 0 Å². The third-order valence-corrected chi connectivity index (χ3v) is 3.12. The zero-order valence-electron chi connectivity index (χ0n) is 10.9. The number of rotatable bonds is 4. The Morgan fingerprint density at radius 1 is 1.50 bits per heavy atom. The highest BCUT2D eigenvalue weighted by Gasteiger charge is 2.24. The number of allylic oxidation sites excluding steroid dienone is 1. The molecule has 0 saturated heterocycles. The van der Waals surface area contributed by atoms with E-state index in [1.54, 1.807) is 6.20 Å². The lowest BCUT2D eigenvalue weighted by Crippen LogP contribution is -2.26. The van der Waals surface area contributed by atoms with Crippen molar-refractivity contribution in [2.45, 2.75) is 32.7 Å². The van der Waals surface area contributed by atoms with Crippen molar-refractivity contribution in [3.63, 3.8) is 0 Å². The molecular weight excluding hydrogens is 224 g/mol. The number of aryl methyl sites for hydroxylation is 1. The van der Waals surface area contributed by atoms with Gasteiger partial charge >= 0.3 is 0 Å². The van der Waals surface area contributed by atoms with E-state index in [9.17, 15) is 4.79 Å². The average molecular weight is 242 g/mol. The molecule has 3 heteroatoms. The number of hydrogen-bond donors (Lipinski definition) is 1. The number of aliphatic imine (C=N–C) groups is 1. The minimum atomic E-state index is 0.0324. The molecule has 3 nitrogen and oxygen atoms in total. The maximum atomic E-state index is 12.0. The standard InChI is InChI=1S/C15H18N2O/c1-10-8-12(11(2)9-16-3)4-7-14(10)15(18)17-13-5-6-13/h4,7-9,13H,3,5-6H2,1-2H3,(H,17,18). The molecule has 1 aromatic rings. The van der Waals surface area contributed by atoms with Crippen molar-refractivity contribution in [1.29, 1.82) is 0 Å². The van der Waals surface area contributed by atoms with Crippen molar-refractivity contribution in [3.8, 4) is 0 Å². The summed E-state index contributed by atoms with van der Waals surface area (Å²) in [5.74, 6) is 0.0324. The van der Waals surface area contributed by atoms with Gasteiger partial charge < -0.3 is 5.32 Å². The molecule has 0 bridgehead atoms. The first kappa shape index (κ1) is 12.6. The van der Waals surface area contributed by atoms with Gasteiger partial charge in [0.25, 0.3) is 5.91 Å². The third kappa shape index (κ3) is 2.86. The molecule has 0 heterocycles. The van der Waals surface area contributed by atoms with Gasteiger partial charge in [-0.25, -0.2) is 0 Å². The highest BCUT2D eigenvalue weighted by Crippen LogP contribution is 2.21. The summed E-state index contributed by atoms with van der Waals surface area (Å²) >= 11 is 0. The average Bonchev–Trinajstić information content (AvgIpc) is 3.12. The first-order valence-electron chi connectivity index (χ1n) is 6.16. The fourth-order valence-electron chi connectivity index (χ4n) is 1.87. The van der Waals surface area contributed by atoms with Crippen LogP contribution in [0.1, 0.15) is 41.3 Å². The molecule has 1 amide bonds. The Balaban J connectivity index is 2.21. The van der Waals surface area contributed by atoms with Gasteiger partial charge in [-0.15, -0.1) is 0 Å². The van der Waals surface area contributed by atoms with Crippen molar-refractivity contribution in [2.75, 3.05) is 0 Å². The molecule has 1 N–H and O–H groups in total. The Morgan fingerprint density at radius 2 is 2.22 bits per heavy atom. The maximum Gasteiger partial charge on any atom is 0.251 e. The quantitative estimate of drug-likeness (QED) is 0.810. The van der Waals surface area contributed by atoms with E-state index < -0.39 is 0 Å². The van der Waals surface area contributed by atoms with Gasteiger partial charge in [0.15, 0.2) is 0 Å². The highest BCUT2D eigenvalue weighted by atomic mass is 16.1. The van der Waals surface area contributed by atoms with Crippen molar-refractivity contribution < 1.29 is 4.79 Å². The molecule has 1 aromatic carbocycles. The molecule has 0 aliphatic heterocycles. The molecule has 1 aliphatic carbocycles. The van der Waals surface area contributed by atoms with Crippen LogP contribution in [0, 0.1) is 6.92 Å². The molecule has 1 fully saturated rings. The van der Waals surface area contributed by atoms with E-state index in [0.717, 1.165) is 35.1 Å². The van der Waals surface area contributed by atoms with Crippen molar-refractivity contribution >= 4 is 18.2 Å². The number of carbonyl (C=O) groups excluding carboxylic acids is 1. The minimum absolute atomic E-state index is 0.0324. The van der Waals surface area contributed by atoms with E-state index in [1.807, 2.05) is 32.0 Å². The summed E-state index contributed by atoms with van der Waals surface area (Å²) in [5.41, 5.74) is 3.86. The van der Waals surface area contributed by atoms with Crippen LogP contribution in [0.3, 0.4) is 0 Å². The van der Waals surface area contributed by atoms with Crippen LogP contribution in [0.15, 0.2) is 29.4 Å². The van der Waals surface area contributed by atoms with E-state index >= 15 is 0 Å². The second kappa shape index (κ2) is 5.17. The smallest absolute Gasteiger partial charge is 0.251 e. The second-order valence-electron chi connectivity index (χ2n) is 4.77. The molecule has 0 atom stereocenters. The number of nitrogens with one attached hydrogen (secondary N) is 1. The van der Waals surface area contributed by atoms with Crippen LogP contribution >= 0.6 is 0 Å². The normalized spacial score (nSPS) is 15.3. The highest BCUT2D eigenvalue weighted by molar-refractivity contribution is 5.96. The largest absolute Gasteiger partial charge is 0.349 e. The number of carbonyl (C=O) groups is 1.